The molecule has 154 valence electrons. The average molecular weight is 383 g/mol. The smallest absolute Gasteiger partial charge is 0.119 e. The molecule has 0 aliphatic rings. The van der Waals surface area contributed by atoms with Gasteiger partial charge in [0.2, 0.25) is 0 Å². The van der Waals surface area contributed by atoms with Crippen molar-refractivity contribution < 1.29 is 28.4 Å². The normalized spacial score (nSPS) is 10.9. The van der Waals surface area contributed by atoms with Crippen LogP contribution in [0, 0.1) is 0 Å². The topological polar surface area (TPSA) is 81.4 Å². The minimum Gasteiger partial charge on any atom is -0.491 e. The van der Waals surface area contributed by atoms with E-state index in [-0.39, 0.29) is 0 Å². The van der Waals surface area contributed by atoms with Crippen LogP contribution < -0.4 is 5.73 Å². The molecule has 1 aromatic rings. The van der Waals surface area contributed by atoms with Crippen molar-refractivity contribution in [2.75, 3.05) is 79.2 Å². The summed E-state index contributed by atoms with van der Waals surface area (Å²) in [5.41, 5.74) is 6.28. The van der Waals surface area contributed by atoms with Crippen molar-refractivity contribution in [1.29, 1.82) is 0 Å². The first kappa shape index (κ1) is 23.6. The molecule has 0 spiro atoms. The molecule has 27 heavy (non-hydrogen) atoms. The Morgan fingerprint density at radius 2 is 1.04 bits per heavy atom. The Kier molecular flexibility index (Phi) is 15.6. The van der Waals surface area contributed by atoms with Gasteiger partial charge in [-0.15, -0.1) is 0 Å². The van der Waals surface area contributed by atoms with Crippen molar-refractivity contribution in [3.63, 3.8) is 0 Å². The number of benzene rings is 1. The fraction of sp³-hybridized carbons (Fsp3) is 0.600. The van der Waals surface area contributed by atoms with E-state index in [1.165, 1.54) is 0 Å². The van der Waals surface area contributed by atoms with Gasteiger partial charge in [0.05, 0.1) is 66.1 Å². The predicted molar refractivity (Wildman–Crippen MR) is 105 cm³/mol. The van der Waals surface area contributed by atoms with Gasteiger partial charge in [-0.2, -0.15) is 0 Å². The summed E-state index contributed by atoms with van der Waals surface area (Å²) in [5, 5.41) is 0. The van der Waals surface area contributed by atoms with Crippen molar-refractivity contribution in [3.05, 3.63) is 42.5 Å². The molecular formula is C20H33NO6. The lowest BCUT2D eigenvalue weighted by molar-refractivity contribution is -0.0128. The monoisotopic (exact) mass is 383 g/mol. The second-order valence-corrected chi connectivity index (χ2v) is 5.49. The summed E-state index contributed by atoms with van der Waals surface area (Å²) < 4.78 is 32.3. The summed E-state index contributed by atoms with van der Waals surface area (Å²) in [7, 11) is 0. The molecule has 0 aliphatic carbocycles. The summed E-state index contributed by atoms with van der Waals surface area (Å²) in [4.78, 5) is 0. The van der Waals surface area contributed by atoms with Crippen molar-refractivity contribution >= 4 is 5.76 Å². The van der Waals surface area contributed by atoms with E-state index in [1.54, 1.807) is 0 Å². The zero-order valence-corrected chi connectivity index (χ0v) is 16.1. The fourth-order valence-electron chi connectivity index (χ4n) is 2.00. The number of rotatable bonds is 19. The third-order valence-corrected chi connectivity index (χ3v) is 3.35. The van der Waals surface area contributed by atoms with E-state index in [2.05, 4.69) is 6.58 Å². The van der Waals surface area contributed by atoms with Crippen LogP contribution in [0.1, 0.15) is 5.56 Å². The number of ether oxygens (including phenoxy) is 6. The van der Waals surface area contributed by atoms with Gasteiger partial charge < -0.3 is 34.2 Å². The Hall–Kier alpha value is -1.48. The van der Waals surface area contributed by atoms with Crippen molar-refractivity contribution in [3.8, 4) is 0 Å². The molecule has 0 radical (unpaired) electrons. The third kappa shape index (κ3) is 14.3. The van der Waals surface area contributed by atoms with Crippen LogP contribution in [0.5, 0.6) is 0 Å². The van der Waals surface area contributed by atoms with E-state index in [1.807, 2.05) is 30.3 Å². The Bertz CT molecular complexity index is 457. The summed E-state index contributed by atoms with van der Waals surface area (Å²) in [6, 6.07) is 9.79. The SMILES string of the molecule is C=C(OCCOCCOCCOCCOCCOCCN)c1ccccc1. The van der Waals surface area contributed by atoms with Gasteiger partial charge in [0.1, 0.15) is 12.4 Å². The highest BCUT2D eigenvalue weighted by molar-refractivity contribution is 5.56. The molecular weight excluding hydrogens is 350 g/mol. The lowest BCUT2D eigenvalue weighted by Crippen LogP contribution is -2.15. The van der Waals surface area contributed by atoms with Gasteiger partial charge in [0.25, 0.3) is 0 Å². The minimum absolute atomic E-state index is 0.466. The molecule has 0 saturated heterocycles. The Balaban J connectivity index is 1.75. The maximum Gasteiger partial charge on any atom is 0.119 e. The number of nitrogens with two attached hydrogens (primary N) is 1. The highest BCUT2D eigenvalue weighted by Crippen LogP contribution is 2.12. The first-order valence-electron chi connectivity index (χ1n) is 9.30. The molecule has 0 saturated carbocycles. The molecule has 1 rings (SSSR count). The van der Waals surface area contributed by atoms with Crippen LogP contribution in [0.25, 0.3) is 5.76 Å². The van der Waals surface area contributed by atoms with Crippen molar-refractivity contribution in [2.24, 2.45) is 5.73 Å². The van der Waals surface area contributed by atoms with E-state index in [0.717, 1.165) is 5.56 Å². The van der Waals surface area contributed by atoms with Crippen molar-refractivity contribution in [1.82, 2.24) is 0 Å². The van der Waals surface area contributed by atoms with E-state index < -0.39 is 0 Å². The van der Waals surface area contributed by atoms with Gasteiger partial charge in [0.15, 0.2) is 0 Å². The summed E-state index contributed by atoms with van der Waals surface area (Å²) in [5.74, 6) is 0.652. The average Bonchev–Trinajstić information content (AvgIpc) is 2.70. The molecule has 0 fully saturated rings. The number of hydrogen-bond donors (Lipinski definition) is 1. The zero-order chi connectivity index (χ0) is 19.4. The van der Waals surface area contributed by atoms with E-state index in [0.29, 0.717) is 85.0 Å². The van der Waals surface area contributed by atoms with Gasteiger partial charge in [-0.3, -0.25) is 0 Å². The van der Waals surface area contributed by atoms with E-state index >= 15 is 0 Å². The predicted octanol–water partition coefficient (Wildman–Crippen LogP) is 1.72. The maximum atomic E-state index is 5.54. The molecule has 2 N–H and O–H groups in total. The summed E-state index contributed by atoms with van der Waals surface area (Å²) in [6.07, 6.45) is 0. The lowest BCUT2D eigenvalue weighted by Gasteiger charge is -2.10. The standard InChI is InChI=1S/C20H33NO6/c1-19(20-5-3-2-4-6-20)27-18-17-26-16-15-25-14-13-24-12-11-23-10-9-22-8-7-21/h2-6H,1,7-18,21H2. The molecule has 0 atom stereocenters. The Morgan fingerprint density at radius 1 is 0.630 bits per heavy atom. The fourth-order valence-corrected chi connectivity index (χ4v) is 2.00. The van der Waals surface area contributed by atoms with E-state index in [9.17, 15) is 0 Å². The highest BCUT2D eigenvalue weighted by atomic mass is 16.6. The third-order valence-electron chi connectivity index (χ3n) is 3.35. The van der Waals surface area contributed by atoms with Crippen LogP contribution in [-0.4, -0.2) is 79.2 Å². The van der Waals surface area contributed by atoms with Gasteiger partial charge in [-0.05, 0) is 0 Å². The zero-order valence-electron chi connectivity index (χ0n) is 16.1. The second kappa shape index (κ2) is 17.9. The van der Waals surface area contributed by atoms with Crippen LogP contribution in [0.4, 0.5) is 0 Å². The molecule has 0 aromatic heterocycles. The minimum atomic E-state index is 0.466. The molecule has 0 amide bonds. The molecule has 1 aromatic carbocycles. The molecule has 0 heterocycles. The van der Waals surface area contributed by atoms with Gasteiger partial charge in [0, 0.05) is 12.1 Å². The van der Waals surface area contributed by atoms with Gasteiger partial charge in [-0.25, -0.2) is 0 Å². The van der Waals surface area contributed by atoms with E-state index in [4.69, 9.17) is 34.2 Å². The summed E-state index contributed by atoms with van der Waals surface area (Å²) in [6.45, 7) is 10.3. The van der Waals surface area contributed by atoms with Gasteiger partial charge >= 0.3 is 0 Å². The summed E-state index contributed by atoms with van der Waals surface area (Å²) >= 11 is 0. The van der Waals surface area contributed by atoms with Gasteiger partial charge in [-0.1, -0.05) is 36.9 Å². The van der Waals surface area contributed by atoms with Crippen LogP contribution in [-0.2, 0) is 28.4 Å². The van der Waals surface area contributed by atoms with Crippen molar-refractivity contribution in [2.45, 2.75) is 0 Å². The Labute approximate surface area is 162 Å². The lowest BCUT2D eigenvalue weighted by atomic mass is 10.2. The van der Waals surface area contributed by atoms with Crippen LogP contribution in [0.3, 0.4) is 0 Å². The first-order chi connectivity index (χ1) is 13.3. The largest absolute Gasteiger partial charge is 0.491 e. The number of hydrogen-bond acceptors (Lipinski definition) is 7. The molecule has 7 heteroatoms. The Morgan fingerprint density at radius 3 is 1.48 bits per heavy atom. The van der Waals surface area contributed by atoms with Crippen LogP contribution in [0.2, 0.25) is 0 Å². The van der Waals surface area contributed by atoms with Crippen LogP contribution in [0.15, 0.2) is 36.9 Å². The first-order valence-corrected chi connectivity index (χ1v) is 9.30. The quantitative estimate of drug-likeness (QED) is 0.288. The molecule has 7 nitrogen and oxygen atoms in total. The highest BCUT2D eigenvalue weighted by Gasteiger charge is 1.98. The second-order valence-electron chi connectivity index (χ2n) is 5.49. The molecule has 0 aliphatic heterocycles. The maximum absolute atomic E-state index is 5.54. The molecule has 0 bridgehead atoms. The van der Waals surface area contributed by atoms with Crippen LogP contribution >= 0.6 is 0 Å². The molecule has 0 unspecified atom stereocenters.